The largest absolute Gasteiger partial charge is 0.333 e. The number of carbonyl (C=O) groups is 1. The van der Waals surface area contributed by atoms with Crippen molar-refractivity contribution < 1.29 is 4.79 Å². The van der Waals surface area contributed by atoms with Gasteiger partial charge in [-0.05, 0) is 6.08 Å². The van der Waals surface area contributed by atoms with E-state index in [9.17, 15) is 4.79 Å². The summed E-state index contributed by atoms with van der Waals surface area (Å²) >= 11 is 0. The van der Waals surface area contributed by atoms with Gasteiger partial charge in [-0.3, -0.25) is 4.79 Å². The summed E-state index contributed by atoms with van der Waals surface area (Å²) in [6.07, 6.45) is 1.68. The fraction of sp³-hybridized carbons (Fsp3) is 0.556. The van der Waals surface area contributed by atoms with Crippen molar-refractivity contribution in [3.63, 3.8) is 0 Å². The Balaban J connectivity index is 2.62. The molecule has 1 saturated heterocycles. The molecule has 1 fully saturated rings. The Morgan fingerprint density at radius 2 is 2.62 bits per heavy atom. The molecular formula is C9H13N3O. The Labute approximate surface area is 77.8 Å². The molecule has 0 aliphatic carbocycles. The van der Waals surface area contributed by atoms with Gasteiger partial charge in [0.05, 0.1) is 18.5 Å². The zero-order chi connectivity index (χ0) is 9.68. The first-order chi connectivity index (χ1) is 6.29. The summed E-state index contributed by atoms with van der Waals surface area (Å²) in [7, 11) is 0. The summed E-state index contributed by atoms with van der Waals surface area (Å²) in [6, 6.07) is 2.08. The highest BCUT2D eigenvalue weighted by atomic mass is 16.2. The first kappa shape index (κ1) is 9.75. The van der Waals surface area contributed by atoms with Gasteiger partial charge in [0.25, 0.3) is 0 Å². The van der Waals surface area contributed by atoms with Crippen LogP contribution < -0.4 is 5.32 Å². The van der Waals surface area contributed by atoms with Crippen molar-refractivity contribution >= 4 is 5.91 Å². The van der Waals surface area contributed by atoms with E-state index in [0.29, 0.717) is 19.5 Å². The predicted octanol–water partition coefficient (Wildman–Crippen LogP) is -0.114. The van der Waals surface area contributed by atoms with Crippen molar-refractivity contribution in [1.82, 2.24) is 10.2 Å². The van der Waals surface area contributed by atoms with Gasteiger partial charge in [0.15, 0.2) is 0 Å². The van der Waals surface area contributed by atoms with Crippen LogP contribution in [0.25, 0.3) is 0 Å². The van der Waals surface area contributed by atoms with E-state index in [1.807, 2.05) is 0 Å². The number of carbonyl (C=O) groups excluding carboxylic acids is 1. The molecular weight excluding hydrogens is 166 g/mol. The monoisotopic (exact) mass is 179 g/mol. The lowest BCUT2D eigenvalue weighted by Gasteiger charge is -2.34. The van der Waals surface area contributed by atoms with Crippen molar-refractivity contribution in [1.29, 1.82) is 5.26 Å². The molecule has 1 amide bonds. The van der Waals surface area contributed by atoms with Crippen LogP contribution in [0.3, 0.4) is 0 Å². The van der Waals surface area contributed by atoms with E-state index in [1.165, 1.54) is 6.08 Å². The van der Waals surface area contributed by atoms with Gasteiger partial charge in [0.2, 0.25) is 5.91 Å². The van der Waals surface area contributed by atoms with Crippen molar-refractivity contribution in [2.24, 2.45) is 0 Å². The average Bonchev–Trinajstić information content (AvgIpc) is 2.18. The maximum atomic E-state index is 11.3. The second-order valence-electron chi connectivity index (χ2n) is 2.96. The van der Waals surface area contributed by atoms with Crippen LogP contribution in [0.2, 0.25) is 0 Å². The number of hydrogen-bond donors (Lipinski definition) is 1. The molecule has 1 rings (SSSR count). The van der Waals surface area contributed by atoms with E-state index in [4.69, 9.17) is 5.26 Å². The third kappa shape index (κ3) is 2.30. The van der Waals surface area contributed by atoms with Crippen LogP contribution in [0.1, 0.15) is 6.42 Å². The van der Waals surface area contributed by atoms with Crippen molar-refractivity contribution in [3.05, 3.63) is 12.7 Å². The minimum atomic E-state index is -0.0817. The lowest BCUT2D eigenvalue weighted by Crippen LogP contribution is -2.53. The Kier molecular flexibility index (Phi) is 3.47. The van der Waals surface area contributed by atoms with Gasteiger partial charge in [-0.15, -0.1) is 0 Å². The second-order valence-corrected chi connectivity index (χ2v) is 2.96. The van der Waals surface area contributed by atoms with Crippen molar-refractivity contribution in [3.8, 4) is 6.07 Å². The predicted molar refractivity (Wildman–Crippen MR) is 48.8 cm³/mol. The SMILES string of the molecule is C=CC(=O)N1CCNCC1CC#N. The molecule has 4 heteroatoms. The molecule has 0 radical (unpaired) electrons. The van der Waals surface area contributed by atoms with E-state index in [2.05, 4.69) is 18.0 Å². The lowest BCUT2D eigenvalue weighted by molar-refractivity contribution is -0.128. The average molecular weight is 179 g/mol. The molecule has 0 saturated carbocycles. The maximum absolute atomic E-state index is 11.3. The Hall–Kier alpha value is -1.34. The molecule has 4 nitrogen and oxygen atoms in total. The molecule has 0 aromatic heterocycles. The van der Waals surface area contributed by atoms with E-state index in [0.717, 1.165) is 6.54 Å². The first-order valence-electron chi connectivity index (χ1n) is 4.30. The first-order valence-corrected chi connectivity index (χ1v) is 4.30. The van der Waals surface area contributed by atoms with Crippen LogP contribution in [-0.4, -0.2) is 36.5 Å². The summed E-state index contributed by atoms with van der Waals surface area (Å²) in [5.74, 6) is -0.0817. The smallest absolute Gasteiger partial charge is 0.246 e. The molecule has 70 valence electrons. The molecule has 1 unspecified atom stereocenters. The normalized spacial score (nSPS) is 22.1. The molecule has 1 aliphatic rings. The van der Waals surface area contributed by atoms with E-state index < -0.39 is 0 Å². The summed E-state index contributed by atoms with van der Waals surface area (Å²) < 4.78 is 0. The number of piperazine rings is 1. The standard InChI is InChI=1S/C9H13N3O/c1-2-9(13)12-6-5-11-7-8(12)3-4-10/h2,8,11H,1,3,5-7H2. The summed E-state index contributed by atoms with van der Waals surface area (Å²) in [4.78, 5) is 13.0. The summed E-state index contributed by atoms with van der Waals surface area (Å²) in [5.41, 5.74) is 0. The van der Waals surface area contributed by atoms with Crippen LogP contribution in [0.4, 0.5) is 0 Å². The summed E-state index contributed by atoms with van der Waals surface area (Å²) in [5, 5.41) is 11.7. The van der Waals surface area contributed by atoms with E-state index in [-0.39, 0.29) is 11.9 Å². The maximum Gasteiger partial charge on any atom is 0.246 e. The zero-order valence-electron chi connectivity index (χ0n) is 7.49. The Morgan fingerprint density at radius 1 is 1.85 bits per heavy atom. The minimum absolute atomic E-state index is 0.00394. The van der Waals surface area contributed by atoms with Crippen molar-refractivity contribution in [2.45, 2.75) is 12.5 Å². The topological polar surface area (TPSA) is 56.1 Å². The Morgan fingerprint density at radius 3 is 3.23 bits per heavy atom. The Bertz CT molecular complexity index is 244. The molecule has 0 bridgehead atoms. The fourth-order valence-corrected chi connectivity index (χ4v) is 1.46. The molecule has 0 aromatic rings. The molecule has 1 N–H and O–H groups in total. The summed E-state index contributed by atoms with van der Waals surface area (Å²) in [6.45, 7) is 5.59. The molecule has 1 aliphatic heterocycles. The number of nitrogens with zero attached hydrogens (tertiary/aromatic N) is 2. The molecule has 1 heterocycles. The van der Waals surface area contributed by atoms with Crippen LogP contribution in [0.5, 0.6) is 0 Å². The van der Waals surface area contributed by atoms with Gasteiger partial charge in [0, 0.05) is 19.6 Å². The van der Waals surface area contributed by atoms with Gasteiger partial charge >= 0.3 is 0 Å². The van der Waals surface area contributed by atoms with Gasteiger partial charge in [-0.25, -0.2) is 0 Å². The number of amides is 1. The molecule has 1 atom stereocenters. The minimum Gasteiger partial charge on any atom is -0.333 e. The van der Waals surface area contributed by atoms with Crippen LogP contribution in [-0.2, 0) is 4.79 Å². The molecule has 13 heavy (non-hydrogen) atoms. The van der Waals surface area contributed by atoms with Crippen LogP contribution in [0.15, 0.2) is 12.7 Å². The molecule has 0 aromatic carbocycles. The quantitative estimate of drug-likeness (QED) is 0.601. The van der Waals surface area contributed by atoms with Gasteiger partial charge in [0.1, 0.15) is 0 Å². The highest BCUT2D eigenvalue weighted by Gasteiger charge is 2.24. The van der Waals surface area contributed by atoms with Crippen LogP contribution in [0, 0.1) is 11.3 Å². The van der Waals surface area contributed by atoms with Gasteiger partial charge in [-0.2, -0.15) is 5.26 Å². The highest BCUT2D eigenvalue weighted by Crippen LogP contribution is 2.07. The number of nitrogens with one attached hydrogen (secondary N) is 1. The van der Waals surface area contributed by atoms with Gasteiger partial charge < -0.3 is 10.2 Å². The third-order valence-corrected chi connectivity index (χ3v) is 2.13. The number of hydrogen-bond acceptors (Lipinski definition) is 3. The van der Waals surface area contributed by atoms with E-state index >= 15 is 0 Å². The fourth-order valence-electron chi connectivity index (χ4n) is 1.46. The number of rotatable bonds is 2. The number of nitriles is 1. The van der Waals surface area contributed by atoms with Crippen LogP contribution >= 0.6 is 0 Å². The second kappa shape index (κ2) is 4.63. The van der Waals surface area contributed by atoms with E-state index in [1.54, 1.807) is 4.90 Å². The third-order valence-electron chi connectivity index (χ3n) is 2.13. The van der Waals surface area contributed by atoms with Crippen molar-refractivity contribution in [2.75, 3.05) is 19.6 Å². The lowest BCUT2D eigenvalue weighted by atomic mass is 10.1. The molecule has 0 spiro atoms. The zero-order valence-corrected chi connectivity index (χ0v) is 7.49. The highest BCUT2D eigenvalue weighted by molar-refractivity contribution is 5.87. The van der Waals surface area contributed by atoms with Gasteiger partial charge in [-0.1, -0.05) is 6.58 Å².